The molecule has 0 radical (unpaired) electrons. The Hall–Kier alpha value is -3.92. The first-order chi connectivity index (χ1) is 21.5. The normalized spacial score (nSPS) is 12.0. The van der Waals surface area contributed by atoms with E-state index in [-0.39, 0.29) is 39.5 Å². The molecule has 0 aromatic heterocycles. The van der Waals surface area contributed by atoms with Gasteiger partial charge in [-0.05, 0) is 59.5 Å². The molecule has 0 bridgehead atoms. The zero-order chi connectivity index (χ0) is 32.6. The molecule has 1 atom stereocenters. The first kappa shape index (κ1) is 34.0. The molecule has 0 spiro atoms. The molecule has 4 aromatic carbocycles. The van der Waals surface area contributed by atoms with E-state index in [9.17, 15) is 22.4 Å². The molecule has 4 rings (SSSR count). The third kappa shape index (κ3) is 9.06. The Kier molecular flexibility index (Phi) is 11.6. The standard InChI is InChI=1S/C34H34Cl2FN3O4S/c1-24(2)21-38-34(42)32(19-25-9-5-3-6-10-25)39(22-26-13-16-28(37)17-14-26)33(41)23-40(31-20-27(35)15-18-30(31)36)45(43,44)29-11-7-4-8-12-29/h3-18,20,24,32H,19,21-23H2,1-2H3,(H,38,42)/t32-/m0/s1. The lowest BCUT2D eigenvalue weighted by molar-refractivity contribution is -0.140. The van der Waals surface area contributed by atoms with E-state index < -0.39 is 40.2 Å². The predicted molar refractivity (Wildman–Crippen MR) is 176 cm³/mol. The number of anilines is 1. The first-order valence-corrected chi connectivity index (χ1v) is 16.5. The molecule has 0 saturated heterocycles. The number of halogens is 3. The number of rotatable bonds is 13. The number of nitrogens with zero attached hydrogens (tertiary/aromatic N) is 2. The van der Waals surface area contributed by atoms with Crippen molar-refractivity contribution in [1.82, 2.24) is 10.2 Å². The quantitative estimate of drug-likeness (QED) is 0.171. The van der Waals surface area contributed by atoms with Crippen molar-refractivity contribution in [2.24, 2.45) is 5.92 Å². The van der Waals surface area contributed by atoms with E-state index in [2.05, 4.69) is 5.32 Å². The van der Waals surface area contributed by atoms with Gasteiger partial charge in [-0.1, -0.05) is 97.7 Å². The summed E-state index contributed by atoms with van der Waals surface area (Å²) >= 11 is 12.8. The van der Waals surface area contributed by atoms with Crippen LogP contribution in [0.2, 0.25) is 10.0 Å². The summed E-state index contributed by atoms with van der Waals surface area (Å²) in [5.41, 5.74) is 1.36. The summed E-state index contributed by atoms with van der Waals surface area (Å²) in [6.45, 7) is 3.49. The fourth-order valence-corrected chi connectivity index (χ4v) is 6.55. The van der Waals surface area contributed by atoms with Gasteiger partial charge >= 0.3 is 0 Å². The summed E-state index contributed by atoms with van der Waals surface area (Å²) in [5.74, 6) is -1.39. The van der Waals surface area contributed by atoms with Crippen molar-refractivity contribution in [3.8, 4) is 0 Å². The highest BCUT2D eigenvalue weighted by atomic mass is 35.5. The molecule has 45 heavy (non-hydrogen) atoms. The van der Waals surface area contributed by atoms with Gasteiger partial charge in [0, 0.05) is 24.5 Å². The summed E-state index contributed by atoms with van der Waals surface area (Å²) in [4.78, 5) is 29.5. The monoisotopic (exact) mass is 669 g/mol. The third-order valence-electron chi connectivity index (χ3n) is 7.01. The topological polar surface area (TPSA) is 86.8 Å². The van der Waals surface area contributed by atoms with E-state index in [0.717, 1.165) is 9.87 Å². The molecule has 0 saturated carbocycles. The van der Waals surface area contributed by atoms with Crippen LogP contribution in [0.5, 0.6) is 0 Å². The van der Waals surface area contributed by atoms with Crippen molar-refractivity contribution in [1.29, 1.82) is 0 Å². The van der Waals surface area contributed by atoms with Crippen molar-refractivity contribution >= 4 is 50.7 Å². The summed E-state index contributed by atoms with van der Waals surface area (Å²) in [7, 11) is -4.33. The minimum absolute atomic E-state index is 0.00645. The Balaban J connectivity index is 1.82. The van der Waals surface area contributed by atoms with E-state index in [0.29, 0.717) is 12.1 Å². The second kappa shape index (κ2) is 15.4. The minimum Gasteiger partial charge on any atom is -0.354 e. The van der Waals surface area contributed by atoms with Gasteiger partial charge in [-0.15, -0.1) is 0 Å². The predicted octanol–water partition coefficient (Wildman–Crippen LogP) is 6.74. The number of amides is 2. The molecule has 236 valence electrons. The molecule has 0 aliphatic carbocycles. The van der Waals surface area contributed by atoms with Crippen molar-refractivity contribution in [2.45, 2.75) is 37.8 Å². The number of sulfonamides is 1. The maximum Gasteiger partial charge on any atom is 0.264 e. The fourth-order valence-electron chi connectivity index (χ4n) is 4.67. The van der Waals surface area contributed by atoms with Crippen molar-refractivity contribution in [3.05, 3.63) is 130 Å². The van der Waals surface area contributed by atoms with Gasteiger partial charge in [0.05, 0.1) is 15.6 Å². The second-order valence-electron chi connectivity index (χ2n) is 10.9. The largest absolute Gasteiger partial charge is 0.354 e. The molecule has 1 N–H and O–H groups in total. The number of hydrogen-bond acceptors (Lipinski definition) is 4. The van der Waals surface area contributed by atoms with Crippen molar-refractivity contribution in [3.63, 3.8) is 0 Å². The molecule has 4 aromatic rings. The van der Waals surface area contributed by atoms with Crippen LogP contribution in [0, 0.1) is 11.7 Å². The third-order valence-corrected chi connectivity index (χ3v) is 9.34. The van der Waals surface area contributed by atoms with E-state index >= 15 is 0 Å². The molecular weight excluding hydrogens is 636 g/mol. The summed E-state index contributed by atoms with van der Waals surface area (Å²) < 4.78 is 42.8. The van der Waals surface area contributed by atoms with Gasteiger partial charge in [0.15, 0.2) is 0 Å². The smallest absolute Gasteiger partial charge is 0.264 e. The van der Waals surface area contributed by atoms with Crippen molar-refractivity contribution < 1.29 is 22.4 Å². The molecule has 11 heteroatoms. The van der Waals surface area contributed by atoms with Crippen LogP contribution in [-0.4, -0.2) is 44.3 Å². The maximum atomic E-state index is 14.4. The summed E-state index contributed by atoms with van der Waals surface area (Å²) in [6, 6.07) is 25.7. The molecule has 0 fully saturated rings. The van der Waals surface area contributed by atoms with Crippen LogP contribution in [0.15, 0.2) is 108 Å². The minimum atomic E-state index is -4.33. The van der Waals surface area contributed by atoms with Gasteiger partial charge < -0.3 is 10.2 Å². The van der Waals surface area contributed by atoms with Crippen molar-refractivity contribution in [2.75, 3.05) is 17.4 Å². The lowest BCUT2D eigenvalue weighted by Gasteiger charge is -2.34. The van der Waals surface area contributed by atoms with Crippen LogP contribution in [0.4, 0.5) is 10.1 Å². The zero-order valence-electron chi connectivity index (χ0n) is 24.9. The van der Waals surface area contributed by atoms with Gasteiger partial charge in [0.2, 0.25) is 11.8 Å². The van der Waals surface area contributed by atoms with Gasteiger partial charge in [-0.25, -0.2) is 12.8 Å². The molecule has 0 aliphatic heterocycles. The Morgan fingerprint density at radius 1 is 0.844 bits per heavy atom. The van der Waals surface area contributed by atoms with Crippen LogP contribution >= 0.6 is 23.2 Å². The van der Waals surface area contributed by atoms with Crippen LogP contribution < -0.4 is 9.62 Å². The molecule has 0 aliphatic rings. The molecule has 2 amide bonds. The molecular formula is C34H34Cl2FN3O4S. The van der Waals surface area contributed by atoms with Crippen LogP contribution in [0.25, 0.3) is 0 Å². The van der Waals surface area contributed by atoms with Crippen LogP contribution in [0.3, 0.4) is 0 Å². The Bertz CT molecular complexity index is 1710. The SMILES string of the molecule is CC(C)CNC(=O)[C@H](Cc1ccccc1)N(Cc1ccc(F)cc1)C(=O)CN(c1cc(Cl)ccc1Cl)S(=O)(=O)c1ccccc1. The van der Waals surface area contributed by atoms with Gasteiger partial charge in [-0.3, -0.25) is 13.9 Å². The fraction of sp³-hybridized carbons (Fsp3) is 0.235. The lowest BCUT2D eigenvalue weighted by Crippen LogP contribution is -2.53. The van der Waals surface area contributed by atoms with E-state index in [1.807, 2.05) is 44.2 Å². The highest BCUT2D eigenvalue weighted by Crippen LogP contribution is 2.33. The van der Waals surface area contributed by atoms with E-state index in [4.69, 9.17) is 23.2 Å². The number of carbonyl (C=O) groups is 2. The summed E-state index contributed by atoms with van der Waals surface area (Å²) in [6.07, 6.45) is 0.154. The average molecular weight is 671 g/mol. The average Bonchev–Trinajstić information content (AvgIpc) is 3.03. The van der Waals surface area contributed by atoms with Gasteiger partial charge in [-0.2, -0.15) is 0 Å². The Labute approximate surface area is 273 Å². The molecule has 7 nitrogen and oxygen atoms in total. The lowest BCUT2D eigenvalue weighted by atomic mass is 10.0. The number of hydrogen-bond donors (Lipinski definition) is 1. The van der Waals surface area contributed by atoms with Crippen LogP contribution in [0.1, 0.15) is 25.0 Å². The second-order valence-corrected chi connectivity index (χ2v) is 13.6. The van der Waals surface area contributed by atoms with Gasteiger partial charge in [0.25, 0.3) is 10.0 Å². The van der Waals surface area contributed by atoms with Gasteiger partial charge in [0.1, 0.15) is 18.4 Å². The zero-order valence-corrected chi connectivity index (χ0v) is 27.2. The number of benzene rings is 4. The van der Waals surface area contributed by atoms with E-state index in [1.165, 1.54) is 59.5 Å². The first-order valence-electron chi connectivity index (χ1n) is 14.3. The number of carbonyl (C=O) groups excluding carboxylic acids is 2. The van der Waals surface area contributed by atoms with E-state index in [1.54, 1.807) is 18.2 Å². The highest BCUT2D eigenvalue weighted by molar-refractivity contribution is 7.92. The van der Waals surface area contributed by atoms with Crippen LogP contribution in [-0.2, 0) is 32.6 Å². The number of nitrogens with one attached hydrogen (secondary N) is 1. The molecule has 0 unspecified atom stereocenters. The Morgan fingerprint density at radius 3 is 2.09 bits per heavy atom. The Morgan fingerprint density at radius 2 is 1.47 bits per heavy atom. The maximum absolute atomic E-state index is 14.4. The summed E-state index contributed by atoms with van der Waals surface area (Å²) in [5, 5.41) is 3.21. The molecule has 0 heterocycles. The highest BCUT2D eigenvalue weighted by Gasteiger charge is 2.35.